The van der Waals surface area contributed by atoms with Crippen molar-refractivity contribution in [2.45, 2.75) is 70.4 Å². The molecule has 0 radical (unpaired) electrons. The van der Waals surface area contributed by atoms with E-state index >= 15 is 0 Å². The maximum Gasteiger partial charge on any atom is 0.261 e. The Labute approximate surface area is 152 Å². The van der Waals surface area contributed by atoms with Gasteiger partial charge in [-0.1, -0.05) is 19.3 Å². The molecule has 0 aromatic carbocycles. The third kappa shape index (κ3) is 3.34. The van der Waals surface area contributed by atoms with Crippen LogP contribution < -0.4 is 5.32 Å². The van der Waals surface area contributed by atoms with Crippen molar-refractivity contribution in [2.24, 2.45) is 5.92 Å². The summed E-state index contributed by atoms with van der Waals surface area (Å²) >= 11 is 1.58. The van der Waals surface area contributed by atoms with Crippen molar-refractivity contribution in [3.63, 3.8) is 0 Å². The van der Waals surface area contributed by atoms with Crippen LogP contribution in [0.2, 0.25) is 0 Å². The molecule has 1 unspecified atom stereocenters. The molecule has 2 saturated carbocycles. The van der Waals surface area contributed by atoms with Crippen LogP contribution in [0.15, 0.2) is 6.07 Å². The fourth-order valence-electron chi connectivity index (χ4n) is 4.39. The molecule has 2 N–H and O–H groups in total. The average molecular weight is 362 g/mol. The predicted octanol–water partition coefficient (Wildman–Crippen LogP) is 3.80. The van der Waals surface area contributed by atoms with Gasteiger partial charge in [0.15, 0.2) is 0 Å². The Kier molecular flexibility index (Phi) is 4.82. The van der Waals surface area contributed by atoms with E-state index in [1.165, 1.54) is 32.1 Å². The maximum atomic E-state index is 12.7. The summed E-state index contributed by atoms with van der Waals surface area (Å²) in [5.41, 5.74) is 1.03. The second-order valence-corrected chi connectivity index (χ2v) is 8.71. The zero-order chi connectivity index (χ0) is 17.4. The van der Waals surface area contributed by atoms with E-state index in [4.69, 9.17) is 5.10 Å². The highest BCUT2D eigenvalue weighted by Crippen LogP contribution is 2.35. The molecule has 0 spiro atoms. The number of aliphatic hydroxyl groups is 1. The molecule has 0 bridgehead atoms. The van der Waals surface area contributed by atoms with Crippen LogP contribution in [-0.4, -0.2) is 33.4 Å². The summed E-state index contributed by atoms with van der Waals surface area (Å²) in [5.74, 6) is 0.370. The van der Waals surface area contributed by atoms with Crippen molar-refractivity contribution in [3.8, 4) is 0 Å². The van der Waals surface area contributed by atoms with Gasteiger partial charge in [-0.25, -0.2) is 0 Å². The van der Waals surface area contributed by atoms with Crippen molar-refractivity contribution < 1.29 is 9.90 Å². The lowest BCUT2D eigenvalue weighted by Crippen LogP contribution is -2.32. The van der Waals surface area contributed by atoms with Crippen molar-refractivity contribution in [1.29, 1.82) is 0 Å². The normalized spacial score (nSPS) is 24.9. The first-order chi connectivity index (χ1) is 12.2. The Morgan fingerprint density at radius 2 is 2.12 bits per heavy atom. The van der Waals surface area contributed by atoms with Gasteiger partial charge in [0.05, 0.1) is 16.6 Å². The van der Waals surface area contributed by atoms with E-state index in [2.05, 4.69) is 10.00 Å². The van der Waals surface area contributed by atoms with Gasteiger partial charge in [-0.2, -0.15) is 5.10 Å². The topological polar surface area (TPSA) is 67.2 Å². The Morgan fingerprint density at radius 3 is 2.84 bits per heavy atom. The summed E-state index contributed by atoms with van der Waals surface area (Å²) in [6.45, 7) is 2.27. The molecule has 6 heteroatoms. The van der Waals surface area contributed by atoms with Gasteiger partial charge in [-0.3, -0.25) is 9.48 Å². The minimum atomic E-state index is 0.0272. The lowest BCUT2D eigenvalue weighted by molar-refractivity contribution is 0.0940. The summed E-state index contributed by atoms with van der Waals surface area (Å²) in [6.07, 6.45) is 9.13. The highest BCUT2D eigenvalue weighted by molar-refractivity contribution is 7.20. The number of fused-ring (bicyclic) bond motifs is 1. The predicted molar refractivity (Wildman–Crippen MR) is 100 cm³/mol. The number of nitrogens with one attached hydrogen (secondary N) is 1. The first kappa shape index (κ1) is 17.0. The van der Waals surface area contributed by atoms with Crippen molar-refractivity contribution in [2.75, 3.05) is 6.61 Å². The number of carbonyl (C=O) groups is 1. The van der Waals surface area contributed by atoms with Crippen LogP contribution in [0.25, 0.3) is 10.2 Å². The molecular weight excluding hydrogens is 334 g/mol. The fourth-order valence-corrected chi connectivity index (χ4v) is 5.52. The van der Waals surface area contributed by atoms with Crippen LogP contribution in [0.3, 0.4) is 0 Å². The molecule has 4 rings (SSSR count). The van der Waals surface area contributed by atoms with Gasteiger partial charge < -0.3 is 10.4 Å². The summed E-state index contributed by atoms with van der Waals surface area (Å²) < 4.78 is 2.18. The first-order valence-corrected chi connectivity index (χ1v) is 10.4. The molecule has 2 atom stereocenters. The van der Waals surface area contributed by atoms with Crippen LogP contribution >= 0.6 is 11.3 Å². The molecule has 2 aliphatic rings. The molecule has 2 aromatic rings. The van der Waals surface area contributed by atoms with Gasteiger partial charge in [0.2, 0.25) is 0 Å². The van der Waals surface area contributed by atoms with E-state index in [-0.39, 0.29) is 18.6 Å². The third-order valence-electron chi connectivity index (χ3n) is 5.85. The molecule has 2 fully saturated rings. The quantitative estimate of drug-likeness (QED) is 0.870. The van der Waals surface area contributed by atoms with Crippen LogP contribution in [0.5, 0.6) is 0 Å². The Bertz CT molecular complexity index is 760. The summed E-state index contributed by atoms with van der Waals surface area (Å²) in [7, 11) is 0. The van der Waals surface area contributed by atoms with Gasteiger partial charge in [-0.05, 0) is 51.0 Å². The average Bonchev–Trinajstić information content (AvgIpc) is 3.32. The number of amides is 1. The molecular formula is C19H27N3O2S. The van der Waals surface area contributed by atoms with E-state index in [0.29, 0.717) is 12.0 Å². The third-order valence-corrected chi connectivity index (χ3v) is 6.97. The maximum absolute atomic E-state index is 12.7. The number of thiophene rings is 1. The zero-order valence-electron chi connectivity index (χ0n) is 14.8. The van der Waals surface area contributed by atoms with Crippen molar-refractivity contribution >= 4 is 27.5 Å². The summed E-state index contributed by atoms with van der Waals surface area (Å²) in [4.78, 5) is 14.6. The number of aryl methyl sites for hydroxylation is 1. The molecule has 2 aromatic heterocycles. The second-order valence-electron chi connectivity index (χ2n) is 7.68. The van der Waals surface area contributed by atoms with Gasteiger partial charge in [0, 0.05) is 18.0 Å². The lowest BCUT2D eigenvalue weighted by atomic mass is 9.96. The highest BCUT2D eigenvalue weighted by Gasteiger charge is 2.27. The van der Waals surface area contributed by atoms with E-state index < -0.39 is 0 Å². The van der Waals surface area contributed by atoms with E-state index in [9.17, 15) is 9.90 Å². The van der Waals surface area contributed by atoms with E-state index in [0.717, 1.165) is 40.1 Å². The van der Waals surface area contributed by atoms with Gasteiger partial charge in [0.25, 0.3) is 5.91 Å². The van der Waals surface area contributed by atoms with Crippen LogP contribution in [0.1, 0.15) is 72.8 Å². The van der Waals surface area contributed by atoms with Crippen LogP contribution in [0, 0.1) is 12.8 Å². The molecule has 2 heterocycles. The highest BCUT2D eigenvalue weighted by atomic mass is 32.1. The molecule has 0 saturated heterocycles. The van der Waals surface area contributed by atoms with Gasteiger partial charge >= 0.3 is 0 Å². The van der Waals surface area contributed by atoms with Crippen molar-refractivity contribution in [1.82, 2.24) is 15.1 Å². The zero-order valence-corrected chi connectivity index (χ0v) is 15.6. The Morgan fingerprint density at radius 1 is 1.32 bits per heavy atom. The second kappa shape index (κ2) is 7.08. The number of carbonyl (C=O) groups excluding carboxylic acids is 1. The number of hydrogen-bond acceptors (Lipinski definition) is 4. The molecule has 25 heavy (non-hydrogen) atoms. The minimum absolute atomic E-state index is 0.0272. The molecule has 136 valence electrons. The van der Waals surface area contributed by atoms with Gasteiger partial charge in [0.1, 0.15) is 4.83 Å². The minimum Gasteiger partial charge on any atom is -0.396 e. The number of hydrogen-bond donors (Lipinski definition) is 2. The Hall–Kier alpha value is -1.40. The Balaban J connectivity index is 1.53. The smallest absolute Gasteiger partial charge is 0.261 e. The number of nitrogens with zero attached hydrogens (tertiary/aromatic N) is 2. The number of rotatable bonds is 4. The summed E-state index contributed by atoms with van der Waals surface area (Å²) in [5, 5.41) is 18.3. The SMILES string of the molecule is Cc1nn(C2CCCCC2)c2sc(C(=O)NC3CC[C@H](CO)C3)cc12. The standard InChI is InChI=1S/C19H27N3O2S/c1-12-16-10-17(18(24)20-14-8-7-13(9-14)11-23)25-19(16)22(21-12)15-5-3-2-4-6-15/h10,13-15,23H,2-9,11H2,1H3,(H,20,24)/t13-,14?/m0/s1. The monoisotopic (exact) mass is 361 g/mol. The van der Waals surface area contributed by atoms with Crippen LogP contribution in [0.4, 0.5) is 0 Å². The van der Waals surface area contributed by atoms with E-state index in [1.54, 1.807) is 11.3 Å². The number of aliphatic hydroxyl groups excluding tert-OH is 1. The largest absolute Gasteiger partial charge is 0.396 e. The molecule has 2 aliphatic carbocycles. The first-order valence-electron chi connectivity index (χ1n) is 9.56. The summed E-state index contributed by atoms with van der Waals surface area (Å²) in [6, 6.07) is 2.70. The van der Waals surface area contributed by atoms with Gasteiger partial charge in [-0.15, -0.1) is 11.3 Å². The number of aromatic nitrogens is 2. The molecule has 0 aliphatic heterocycles. The fraction of sp³-hybridized carbons (Fsp3) is 0.684. The van der Waals surface area contributed by atoms with Crippen molar-refractivity contribution in [3.05, 3.63) is 16.6 Å². The van der Waals surface area contributed by atoms with E-state index in [1.807, 2.05) is 13.0 Å². The lowest BCUT2D eigenvalue weighted by Gasteiger charge is -2.22. The molecule has 5 nitrogen and oxygen atoms in total. The van der Waals surface area contributed by atoms with Crippen LogP contribution in [-0.2, 0) is 0 Å². The molecule has 1 amide bonds.